The van der Waals surface area contributed by atoms with E-state index in [4.69, 9.17) is 23.7 Å². The van der Waals surface area contributed by atoms with Gasteiger partial charge in [0.1, 0.15) is 73.8 Å². The van der Waals surface area contributed by atoms with Crippen LogP contribution in [0, 0.1) is 0 Å². The lowest BCUT2D eigenvalue weighted by Gasteiger charge is -2.45. The second-order valence-corrected chi connectivity index (χ2v) is 8.37. The third-order valence-corrected chi connectivity index (χ3v) is 6.17. The second kappa shape index (κ2) is 13.4. The molecule has 0 spiro atoms. The normalized spacial score (nSPS) is 49.2. The van der Waals surface area contributed by atoms with Crippen LogP contribution >= 0.6 is 0 Å². The van der Waals surface area contributed by atoms with Crippen molar-refractivity contribution in [2.24, 2.45) is 0 Å². The zero-order valence-corrected chi connectivity index (χ0v) is 18.8. The maximum atomic E-state index is 10.6. The molecule has 36 heavy (non-hydrogen) atoms. The van der Waals surface area contributed by atoms with Crippen LogP contribution in [-0.2, 0) is 23.7 Å². The van der Waals surface area contributed by atoms with E-state index in [0.29, 0.717) is 0 Å². The van der Waals surface area contributed by atoms with Gasteiger partial charge in [-0.2, -0.15) is 0 Å². The van der Waals surface area contributed by atoms with Gasteiger partial charge in [0, 0.05) is 0 Å². The first-order chi connectivity index (χ1) is 16.0. The van der Waals surface area contributed by atoms with Crippen LogP contribution in [0.15, 0.2) is 0 Å². The molecule has 14 atom stereocenters. The van der Waals surface area contributed by atoms with E-state index in [1.807, 2.05) is 0 Å². The Labute approximate surface area is 203 Å². The Morgan fingerprint density at radius 2 is 1.00 bits per heavy atom. The average molecular weight is 540 g/mol. The Balaban J connectivity index is 0.00000324. The van der Waals surface area contributed by atoms with Crippen LogP contribution in [0.3, 0.4) is 0 Å². The van der Waals surface area contributed by atoms with Gasteiger partial charge in [-0.3, -0.25) is 0 Å². The molecule has 3 saturated heterocycles. The number of hydrogen-bond acceptors (Lipinski definition) is 16. The Hall–Kier alpha value is -0.720. The second-order valence-electron chi connectivity index (χ2n) is 8.37. The first kappa shape index (κ1) is 33.3. The van der Waals surface area contributed by atoms with Gasteiger partial charge in [-0.15, -0.1) is 0 Å². The van der Waals surface area contributed by atoms with Crippen LogP contribution in [0.1, 0.15) is 0 Å². The van der Waals surface area contributed by atoms with Gasteiger partial charge in [-0.1, -0.05) is 0 Å². The summed E-state index contributed by atoms with van der Waals surface area (Å²) in [5, 5.41) is 109. The molecule has 0 aromatic heterocycles. The first-order valence-corrected chi connectivity index (χ1v) is 10.6. The van der Waals surface area contributed by atoms with Gasteiger partial charge in [0.25, 0.3) is 0 Å². The lowest BCUT2D eigenvalue weighted by atomic mass is 9.98. The molecule has 0 radical (unpaired) electrons. The van der Waals surface area contributed by atoms with Gasteiger partial charge in [0.05, 0.1) is 19.8 Å². The van der Waals surface area contributed by atoms with Crippen molar-refractivity contribution in [3.05, 3.63) is 0 Å². The summed E-state index contributed by atoms with van der Waals surface area (Å²) in [6, 6.07) is 0. The van der Waals surface area contributed by atoms with Crippen molar-refractivity contribution in [1.29, 1.82) is 0 Å². The van der Waals surface area contributed by atoms with E-state index in [1.165, 1.54) is 0 Å². The van der Waals surface area contributed by atoms with Gasteiger partial charge in [0.2, 0.25) is 5.79 Å². The van der Waals surface area contributed by atoms with Crippen molar-refractivity contribution in [1.82, 2.24) is 0 Å². The zero-order chi connectivity index (χ0) is 25.4. The van der Waals surface area contributed by atoms with Crippen molar-refractivity contribution in [2.75, 3.05) is 26.4 Å². The molecule has 0 amide bonds. The summed E-state index contributed by atoms with van der Waals surface area (Å²) in [6.45, 7) is -3.49. The van der Waals surface area contributed by atoms with Crippen LogP contribution in [0.4, 0.5) is 0 Å². The maximum absolute atomic E-state index is 10.6. The monoisotopic (exact) mass is 540 g/mol. The number of ether oxygens (including phenoxy) is 5. The summed E-state index contributed by atoms with van der Waals surface area (Å²) in [6.07, 6.45) is -22.3. The summed E-state index contributed by atoms with van der Waals surface area (Å²) in [5.41, 5.74) is 0. The minimum atomic E-state index is -2.43. The molecule has 18 nitrogen and oxygen atoms in total. The summed E-state index contributed by atoms with van der Waals surface area (Å²) in [7, 11) is 0. The molecule has 0 unspecified atom stereocenters. The van der Waals surface area contributed by atoms with E-state index < -0.39 is 112 Å². The number of aliphatic hydroxyl groups excluding tert-OH is 11. The van der Waals surface area contributed by atoms with Crippen molar-refractivity contribution in [2.45, 2.75) is 85.5 Å². The molecule has 0 aromatic carbocycles. The number of rotatable bonds is 8. The van der Waals surface area contributed by atoms with Crippen LogP contribution in [-0.4, -0.2) is 179 Å². The van der Waals surface area contributed by atoms with Gasteiger partial charge in [-0.25, -0.2) is 0 Å². The minimum Gasteiger partial charge on any atom is -0.412 e. The molecular formula is C18H36O18. The fourth-order valence-electron chi connectivity index (χ4n) is 4.12. The first-order valence-electron chi connectivity index (χ1n) is 10.6. The quantitative estimate of drug-likeness (QED) is 0.136. The molecule has 18 heteroatoms. The van der Waals surface area contributed by atoms with Crippen LogP contribution in [0.2, 0.25) is 0 Å². The van der Waals surface area contributed by atoms with Crippen molar-refractivity contribution >= 4 is 0 Å². The molecule has 3 aliphatic heterocycles. The zero-order valence-electron chi connectivity index (χ0n) is 18.8. The molecular weight excluding hydrogens is 504 g/mol. The molecule has 3 fully saturated rings. The van der Waals surface area contributed by atoms with Gasteiger partial charge >= 0.3 is 0 Å². The highest BCUT2D eigenvalue weighted by atomic mass is 16.8. The summed E-state index contributed by atoms with van der Waals surface area (Å²) < 4.78 is 27.0. The minimum absolute atomic E-state index is 0. The molecule has 3 heterocycles. The third kappa shape index (κ3) is 5.96. The van der Waals surface area contributed by atoms with Crippen LogP contribution in [0.25, 0.3) is 0 Å². The van der Waals surface area contributed by atoms with E-state index in [9.17, 15) is 56.2 Å². The average Bonchev–Trinajstić information content (AvgIpc) is 3.10. The van der Waals surface area contributed by atoms with Crippen LogP contribution in [0.5, 0.6) is 0 Å². The lowest BCUT2D eigenvalue weighted by molar-refractivity contribution is -0.400. The van der Waals surface area contributed by atoms with Gasteiger partial charge in [0.15, 0.2) is 12.6 Å². The van der Waals surface area contributed by atoms with Crippen LogP contribution < -0.4 is 0 Å². The van der Waals surface area contributed by atoms with E-state index in [2.05, 4.69) is 0 Å². The fraction of sp³-hybridized carbons (Fsp3) is 1.00. The Morgan fingerprint density at radius 1 is 0.556 bits per heavy atom. The number of aliphatic hydroxyl groups is 11. The maximum Gasteiger partial charge on any atom is 0.224 e. The molecule has 15 N–H and O–H groups in total. The summed E-state index contributed by atoms with van der Waals surface area (Å²) >= 11 is 0. The Morgan fingerprint density at radius 3 is 1.44 bits per heavy atom. The van der Waals surface area contributed by atoms with E-state index in [0.717, 1.165) is 0 Å². The Bertz CT molecular complexity index is 654. The highest BCUT2D eigenvalue weighted by molar-refractivity contribution is 5.01. The van der Waals surface area contributed by atoms with E-state index in [-0.39, 0.29) is 11.0 Å². The topological polar surface area (TPSA) is 332 Å². The Kier molecular flexibility index (Phi) is 12.4. The molecule has 0 bridgehead atoms. The molecule has 0 aliphatic carbocycles. The SMILES string of the molecule is O.O.OC[C@H]1O[C@@](CO)(O[C@H]2O[C@H](CO)[C@@H](O)[C@H](O)[C@H]2O)[C@@H](O[C@H]2O[C@H](CO)[C@@H](O)[C@H](O)[C@H]2O)[C@@H]1O. The molecule has 216 valence electrons. The highest BCUT2D eigenvalue weighted by Crippen LogP contribution is 2.39. The lowest BCUT2D eigenvalue weighted by Crippen LogP contribution is -2.64. The number of hydrogen-bond donors (Lipinski definition) is 11. The van der Waals surface area contributed by atoms with E-state index in [1.54, 1.807) is 0 Å². The van der Waals surface area contributed by atoms with Gasteiger partial charge < -0.3 is 90.8 Å². The molecule has 3 aliphatic rings. The third-order valence-electron chi connectivity index (χ3n) is 6.17. The highest BCUT2D eigenvalue weighted by Gasteiger charge is 2.61. The largest absolute Gasteiger partial charge is 0.412 e. The smallest absolute Gasteiger partial charge is 0.224 e. The van der Waals surface area contributed by atoms with Crippen molar-refractivity contribution < 1.29 is 90.8 Å². The predicted octanol–water partition coefficient (Wildman–Crippen LogP) is -9.22. The summed E-state index contributed by atoms with van der Waals surface area (Å²) in [4.78, 5) is 0. The predicted molar refractivity (Wildman–Crippen MR) is 109 cm³/mol. The van der Waals surface area contributed by atoms with Crippen molar-refractivity contribution in [3.63, 3.8) is 0 Å². The van der Waals surface area contributed by atoms with Crippen molar-refractivity contribution in [3.8, 4) is 0 Å². The molecule has 3 rings (SSSR count). The standard InChI is InChI=1S/C18H32O16.2H2O/c19-1-5-8(23)11(26)13(28)16(30-5)32-15-10(25)7(3-21)33-18(15,4-22)34-17-14(29)12(27)9(24)6(2-20)31-17;;/h5-17,19-29H,1-4H2;2*1H2/t5-,6-,7-,8-,9-,10-,11+,12+,13-,14-,15+,16-,17-,18+;;/m1../s1. The van der Waals surface area contributed by atoms with Gasteiger partial charge in [-0.05, 0) is 0 Å². The fourth-order valence-corrected chi connectivity index (χ4v) is 4.12. The molecule has 0 aromatic rings. The summed E-state index contributed by atoms with van der Waals surface area (Å²) in [5.74, 6) is -2.43. The molecule has 0 saturated carbocycles. The van der Waals surface area contributed by atoms with E-state index >= 15 is 0 Å².